The summed E-state index contributed by atoms with van der Waals surface area (Å²) >= 11 is -1.96. The van der Waals surface area contributed by atoms with Gasteiger partial charge in [0.15, 0.2) is 16.9 Å². The van der Waals surface area contributed by atoms with E-state index in [4.69, 9.17) is 4.55 Å². The molecule has 3 nitrogen and oxygen atoms in total. The summed E-state index contributed by atoms with van der Waals surface area (Å²) in [6.45, 7) is 5.22. The summed E-state index contributed by atoms with van der Waals surface area (Å²) in [6, 6.07) is 6.42. The fourth-order valence-electron chi connectivity index (χ4n) is 1.06. The van der Waals surface area contributed by atoms with E-state index in [0.29, 0.717) is 10.5 Å². The Morgan fingerprint density at radius 1 is 1.40 bits per heavy atom. The van der Waals surface area contributed by atoms with Crippen LogP contribution < -0.4 is 0 Å². The van der Waals surface area contributed by atoms with E-state index < -0.39 is 11.1 Å². The van der Waals surface area contributed by atoms with Gasteiger partial charge in [0.25, 0.3) is 0 Å². The number of rotatable bonds is 4. The van der Waals surface area contributed by atoms with Gasteiger partial charge in [-0.3, -0.25) is 4.79 Å². The highest BCUT2D eigenvalue weighted by Gasteiger charge is 2.05. The lowest BCUT2D eigenvalue weighted by molar-refractivity contribution is -0.114. The topological polar surface area (TPSA) is 54.4 Å². The van der Waals surface area contributed by atoms with Crippen LogP contribution in [0.2, 0.25) is 0 Å². The molecule has 0 saturated carbocycles. The van der Waals surface area contributed by atoms with E-state index in [0.717, 1.165) is 5.56 Å². The molecule has 0 aliphatic carbocycles. The molecule has 0 spiro atoms. The molecule has 1 rings (SSSR count). The minimum absolute atomic E-state index is 0.0205. The Balaban J connectivity index is 2.77. The van der Waals surface area contributed by atoms with Gasteiger partial charge in [0.05, 0.1) is 4.90 Å². The van der Waals surface area contributed by atoms with E-state index in [-0.39, 0.29) is 12.2 Å². The molecule has 4 heteroatoms. The summed E-state index contributed by atoms with van der Waals surface area (Å²) in [5, 5.41) is 0. The maximum atomic E-state index is 11.3. The summed E-state index contributed by atoms with van der Waals surface area (Å²) in [6.07, 6.45) is 0.285. The lowest BCUT2D eigenvalue weighted by Crippen LogP contribution is -2.03. The van der Waals surface area contributed by atoms with Crippen molar-refractivity contribution in [1.82, 2.24) is 0 Å². The Bertz CT molecular complexity index is 406. The molecule has 0 heterocycles. The van der Waals surface area contributed by atoms with Crippen molar-refractivity contribution < 1.29 is 13.6 Å². The molecule has 1 aromatic rings. The lowest BCUT2D eigenvalue weighted by atomic mass is 10.1. The molecule has 1 aromatic carbocycles. The average Bonchev–Trinajstić information content (AvgIpc) is 2.18. The zero-order chi connectivity index (χ0) is 11.4. The highest BCUT2D eigenvalue weighted by molar-refractivity contribution is 7.79. The number of carbonyl (C=O) groups is 1. The molecule has 1 atom stereocenters. The van der Waals surface area contributed by atoms with Crippen molar-refractivity contribution in [1.29, 1.82) is 0 Å². The smallest absolute Gasteiger partial charge is 0.186 e. The van der Waals surface area contributed by atoms with Gasteiger partial charge >= 0.3 is 0 Å². The third kappa shape index (κ3) is 3.42. The van der Waals surface area contributed by atoms with Crippen LogP contribution >= 0.6 is 0 Å². The Morgan fingerprint density at radius 3 is 2.33 bits per heavy atom. The van der Waals surface area contributed by atoms with E-state index in [1.807, 2.05) is 0 Å². The molecule has 0 aliphatic heterocycles. The Kier molecular flexibility index (Phi) is 3.94. The van der Waals surface area contributed by atoms with Crippen LogP contribution in [-0.4, -0.2) is 14.5 Å². The second-order valence-electron chi connectivity index (χ2n) is 3.27. The minimum atomic E-state index is -1.96. The van der Waals surface area contributed by atoms with Crippen LogP contribution in [-0.2, 0) is 22.3 Å². The summed E-state index contributed by atoms with van der Waals surface area (Å²) < 4.78 is 19.4. The molecule has 0 amide bonds. The first kappa shape index (κ1) is 11.8. The van der Waals surface area contributed by atoms with Crippen molar-refractivity contribution in [3.63, 3.8) is 0 Å². The van der Waals surface area contributed by atoms with Gasteiger partial charge in [0, 0.05) is 6.42 Å². The molecule has 1 unspecified atom stereocenters. The third-order valence-corrected chi connectivity index (χ3v) is 2.64. The molecule has 15 heavy (non-hydrogen) atoms. The van der Waals surface area contributed by atoms with E-state index >= 15 is 0 Å². The highest BCUT2D eigenvalue weighted by Crippen LogP contribution is 2.09. The largest absolute Gasteiger partial charge is 0.302 e. The first-order chi connectivity index (χ1) is 7.00. The summed E-state index contributed by atoms with van der Waals surface area (Å²) in [7, 11) is 0. The molecular weight excluding hydrogens is 212 g/mol. The van der Waals surface area contributed by atoms with Crippen molar-refractivity contribution in [3.8, 4) is 0 Å². The van der Waals surface area contributed by atoms with Gasteiger partial charge in [-0.05, 0) is 30.2 Å². The molecule has 0 aliphatic rings. The van der Waals surface area contributed by atoms with Crippen LogP contribution in [0.1, 0.15) is 12.5 Å². The maximum Gasteiger partial charge on any atom is 0.186 e. The van der Waals surface area contributed by atoms with Crippen LogP contribution in [0.3, 0.4) is 0 Å². The van der Waals surface area contributed by atoms with Gasteiger partial charge in [0.2, 0.25) is 0 Å². The first-order valence-electron chi connectivity index (χ1n) is 4.39. The average molecular weight is 224 g/mol. The van der Waals surface area contributed by atoms with Crippen LogP contribution in [0.15, 0.2) is 41.3 Å². The SMILES string of the molecule is C=C(C)C(=O)Cc1ccc(S(=O)O)cc1. The van der Waals surface area contributed by atoms with E-state index in [1.165, 1.54) is 12.1 Å². The zero-order valence-electron chi connectivity index (χ0n) is 8.40. The van der Waals surface area contributed by atoms with Crippen molar-refractivity contribution >= 4 is 16.9 Å². The lowest BCUT2D eigenvalue weighted by Gasteiger charge is -2.01. The fraction of sp³-hybridized carbons (Fsp3) is 0.182. The summed E-state index contributed by atoms with van der Waals surface area (Å²) in [5.74, 6) is -0.0205. The molecule has 1 N–H and O–H groups in total. The first-order valence-corrected chi connectivity index (χ1v) is 5.50. The Labute approximate surface area is 91.1 Å². The van der Waals surface area contributed by atoms with Gasteiger partial charge in [-0.15, -0.1) is 0 Å². The number of hydrogen-bond acceptors (Lipinski definition) is 2. The minimum Gasteiger partial charge on any atom is -0.302 e. The third-order valence-electron chi connectivity index (χ3n) is 1.97. The summed E-state index contributed by atoms with van der Waals surface area (Å²) in [4.78, 5) is 11.7. The normalized spacial score (nSPS) is 12.1. The van der Waals surface area contributed by atoms with Gasteiger partial charge < -0.3 is 4.55 Å². The number of hydrogen-bond donors (Lipinski definition) is 1. The molecule has 0 aromatic heterocycles. The summed E-state index contributed by atoms with van der Waals surface area (Å²) in [5.41, 5.74) is 1.34. The Morgan fingerprint density at radius 2 is 1.93 bits per heavy atom. The second-order valence-corrected chi connectivity index (χ2v) is 4.24. The fourth-order valence-corrected chi connectivity index (χ4v) is 1.43. The second kappa shape index (κ2) is 5.00. The van der Waals surface area contributed by atoms with Crippen molar-refractivity contribution in [3.05, 3.63) is 42.0 Å². The number of carbonyl (C=O) groups excluding carboxylic acids is 1. The molecule has 0 fully saturated rings. The standard InChI is InChI=1S/C11H12O3S/c1-8(2)11(12)7-9-3-5-10(6-4-9)15(13)14/h3-6H,1,7H2,2H3,(H,13,14). The molecule has 0 bridgehead atoms. The maximum absolute atomic E-state index is 11.3. The van der Waals surface area contributed by atoms with Gasteiger partial charge in [-0.1, -0.05) is 18.7 Å². The molecule has 0 saturated heterocycles. The molecular formula is C11H12O3S. The van der Waals surface area contributed by atoms with Gasteiger partial charge in [0.1, 0.15) is 0 Å². The van der Waals surface area contributed by atoms with Crippen LogP contribution in [0, 0.1) is 0 Å². The van der Waals surface area contributed by atoms with Crippen molar-refractivity contribution in [2.75, 3.05) is 0 Å². The van der Waals surface area contributed by atoms with Crippen molar-refractivity contribution in [2.24, 2.45) is 0 Å². The van der Waals surface area contributed by atoms with Gasteiger partial charge in [-0.25, -0.2) is 4.21 Å². The van der Waals surface area contributed by atoms with Gasteiger partial charge in [-0.2, -0.15) is 0 Å². The predicted octanol–water partition coefficient (Wildman–Crippen LogP) is 1.95. The monoisotopic (exact) mass is 224 g/mol. The molecule has 80 valence electrons. The van der Waals surface area contributed by atoms with E-state index in [2.05, 4.69) is 6.58 Å². The van der Waals surface area contributed by atoms with Crippen molar-refractivity contribution in [2.45, 2.75) is 18.2 Å². The highest BCUT2D eigenvalue weighted by atomic mass is 32.2. The van der Waals surface area contributed by atoms with Crippen LogP contribution in [0.4, 0.5) is 0 Å². The molecule has 0 radical (unpaired) electrons. The predicted molar refractivity (Wildman–Crippen MR) is 59.0 cm³/mol. The number of Topliss-reactive ketones (excluding diaryl/α,β-unsaturated/α-hetero) is 1. The Hall–Kier alpha value is -1.26. The van der Waals surface area contributed by atoms with Crippen LogP contribution in [0.5, 0.6) is 0 Å². The number of allylic oxidation sites excluding steroid dienone is 1. The number of benzene rings is 1. The van der Waals surface area contributed by atoms with E-state index in [9.17, 15) is 9.00 Å². The van der Waals surface area contributed by atoms with E-state index in [1.54, 1.807) is 19.1 Å². The zero-order valence-corrected chi connectivity index (χ0v) is 9.21. The quantitative estimate of drug-likeness (QED) is 0.628. The number of ketones is 1. The van der Waals surface area contributed by atoms with Crippen LogP contribution in [0.25, 0.3) is 0 Å².